The number of hydrogen-bond acceptors (Lipinski definition) is 3. The molecule has 1 unspecified atom stereocenters. The molecule has 0 aliphatic heterocycles. The second kappa shape index (κ2) is 5.51. The van der Waals surface area contributed by atoms with Crippen LogP contribution in [0.4, 0.5) is 0 Å². The van der Waals surface area contributed by atoms with E-state index in [4.69, 9.17) is 5.11 Å². The Hall–Kier alpha value is -1.55. The summed E-state index contributed by atoms with van der Waals surface area (Å²) in [5, 5.41) is 21.2. The third-order valence-electron chi connectivity index (χ3n) is 2.40. The molecule has 0 saturated carbocycles. The molecule has 0 aliphatic rings. The minimum Gasteiger partial charge on any atom is -0.508 e. The summed E-state index contributed by atoms with van der Waals surface area (Å²) in [5.41, 5.74) is 1.03. The Morgan fingerprint density at radius 3 is 2.81 bits per heavy atom. The molecule has 0 aliphatic carbocycles. The predicted molar refractivity (Wildman–Crippen MR) is 61.5 cm³/mol. The lowest BCUT2D eigenvalue weighted by Gasteiger charge is -2.09. The number of rotatable bonds is 4. The van der Waals surface area contributed by atoms with Crippen molar-refractivity contribution in [1.29, 1.82) is 0 Å². The molecule has 1 aromatic rings. The molecule has 1 amide bonds. The first-order valence-electron chi connectivity index (χ1n) is 5.27. The maximum Gasteiger partial charge on any atom is 0.251 e. The van der Waals surface area contributed by atoms with Crippen LogP contribution < -0.4 is 5.32 Å². The molecule has 1 aromatic carbocycles. The van der Waals surface area contributed by atoms with Crippen LogP contribution in [0.1, 0.15) is 29.3 Å². The number of carbonyl (C=O) groups is 1. The largest absolute Gasteiger partial charge is 0.508 e. The van der Waals surface area contributed by atoms with Crippen LogP contribution in [0.5, 0.6) is 5.75 Å². The van der Waals surface area contributed by atoms with Gasteiger partial charge < -0.3 is 15.5 Å². The van der Waals surface area contributed by atoms with Crippen LogP contribution in [0.15, 0.2) is 18.2 Å². The zero-order valence-electron chi connectivity index (χ0n) is 9.53. The van der Waals surface area contributed by atoms with Crippen molar-refractivity contribution in [3.8, 4) is 5.75 Å². The highest BCUT2D eigenvalue weighted by molar-refractivity contribution is 5.96. The number of nitrogens with one attached hydrogen (secondary N) is 1. The third kappa shape index (κ3) is 3.24. The van der Waals surface area contributed by atoms with Crippen molar-refractivity contribution in [2.75, 3.05) is 6.54 Å². The van der Waals surface area contributed by atoms with Crippen molar-refractivity contribution in [3.05, 3.63) is 29.3 Å². The number of hydrogen-bond donors (Lipinski definition) is 3. The maximum absolute atomic E-state index is 11.7. The minimum absolute atomic E-state index is 0.114. The van der Waals surface area contributed by atoms with E-state index in [1.165, 1.54) is 0 Å². The zero-order valence-corrected chi connectivity index (χ0v) is 9.53. The van der Waals surface area contributed by atoms with E-state index in [0.717, 1.165) is 0 Å². The quantitative estimate of drug-likeness (QED) is 0.718. The Morgan fingerprint density at radius 1 is 1.50 bits per heavy atom. The van der Waals surface area contributed by atoms with Gasteiger partial charge in [0, 0.05) is 17.7 Å². The molecule has 88 valence electrons. The number of phenolic OH excluding ortho intramolecular Hbond substituents is 1. The molecule has 0 aromatic heterocycles. The number of phenols is 1. The van der Waals surface area contributed by atoms with Gasteiger partial charge in [0.05, 0.1) is 6.10 Å². The van der Waals surface area contributed by atoms with Gasteiger partial charge in [-0.2, -0.15) is 0 Å². The summed E-state index contributed by atoms with van der Waals surface area (Å²) in [5.74, 6) is -0.114. The van der Waals surface area contributed by atoms with E-state index in [1.807, 2.05) is 0 Å². The van der Waals surface area contributed by atoms with E-state index in [9.17, 15) is 9.90 Å². The van der Waals surface area contributed by atoms with Gasteiger partial charge in [-0.25, -0.2) is 0 Å². The molecule has 1 rings (SSSR count). The summed E-state index contributed by atoms with van der Waals surface area (Å²) in [6, 6.07) is 4.83. The summed E-state index contributed by atoms with van der Waals surface area (Å²) in [4.78, 5) is 11.7. The summed E-state index contributed by atoms with van der Waals surface area (Å²) >= 11 is 0. The molecule has 0 bridgehead atoms. The smallest absolute Gasteiger partial charge is 0.251 e. The van der Waals surface area contributed by atoms with Crippen LogP contribution in [0.3, 0.4) is 0 Å². The number of aromatic hydroxyl groups is 1. The van der Waals surface area contributed by atoms with Crippen molar-refractivity contribution in [1.82, 2.24) is 5.32 Å². The average molecular weight is 223 g/mol. The molecular formula is C12H17NO3. The second-order valence-electron chi connectivity index (χ2n) is 3.84. The Labute approximate surface area is 94.9 Å². The molecule has 0 heterocycles. The number of amides is 1. The molecule has 16 heavy (non-hydrogen) atoms. The van der Waals surface area contributed by atoms with Crippen molar-refractivity contribution < 1.29 is 15.0 Å². The van der Waals surface area contributed by atoms with Gasteiger partial charge in [-0.3, -0.25) is 4.79 Å². The lowest BCUT2D eigenvalue weighted by Crippen LogP contribution is -2.27. The van der Waals surface area contributed by atoms with Crippen molar-refractivity contribution in [3.63, 3.8) is 0 Å². The fourth-order valence-corrected chi connectivity index (χ4v) is 1.36. The molecule has 3 N–H and O–H groups in total. The highest BCUT2D eigenvalue weighted by Crippen LogP contribution is 2.19. The predicted octanol–water partition coefficient (Wildman–Crippen LogP) is 1.20. The zero-order chi connectivity index (χ0) is 12.1. The molecule has 0 fully saturated rings. The highest BCUT2D eigenvalue weighted by Gasteiger charge is 2.10. The van der Waals surface area contributed by atoms with Crippen molar-refractivity contribution in [2.24, 2.45) is 0 Å². The number of aliphatic hydroxyl groups is 1. The van der Waals surface area contributed by atoms with E-state index >= 15 is 0 Å². The van der Waals surface area contributed by atoms with Gasteiger partial charge >= 0.3 is 0 Å². The molecule has 0 spiro atoms. The van der Waals surface area contributed by atoms with E-state index in [1.54, 1.807) is 32.0 Å². The molecule has 0 saturated heterocycles. The topological polar surface area (TPSA) is 69.6 Å². The van der Waals surface area contributed by atoms with Gasteiger partial charge in [0.25, 0.3) is 5.91 Å². The first kappa shape index (κ1) is 12.5. The fraction of sp³-hybridized carbons (Fsp3) is 0.417. The van der Waals surface area contributed by atoms with E-state index < -0.39 is 6.10 Å². The van der Waals surface area contributed by atoms with E-state index in [-0.39, 0.29) is 11.7 Å². The van der Waals surface area contributed by atoms with Gasteiger partial charge in [0.15, 0.2) is 0 Å². The van der Waals surface area contributed by atoms with E-state index in [0.29, 0.717) is 24.1 Å². The van der Waals surface area contributed by atoms with Crippen molar-refractivity contribution in [2.45, 2.75) is 26.4 Å². The lowest BCUT2D eigenvalue weighted by molar-refractivity contribution is 0.0944. The van der Waals surface area contributed by atoms with Crippen molar-refractivity contribution >= 4 is 5.91 Å². The van der Waals surface area contributed by atoms with Gasteiger partial charge in [0.2, 0.25) is 0 Å². The second-order valence-corrected chi connectivity index (χ2v) is 3.84. The highest BCUT2D eigenvalue weighted by atomic mass is 16.3. The average Bonchev–Trinajstić information content (AvgIpc) is 2.21. The molecule has 0 radical (unpaired) electrons. The number of aliphatic hydroxyl groups excluding tert-OH is 1. The van der Waals surface area contributed by atoms with Crippen LogP contribution in [0, 0.1) is 6.92 Å². The lowest BCUT2D eigenvalue weighted by atomic mass is 10.1. The van der Waals surface area contributed by atoms with Crippen LogP contribution in [-0.2, 0) is 0 Å². The molecular weight excluding hydrogens is 206 g/mol. The van der Waals surface area contributed by atoms with E-state index in [2.05, 4.69) is 5.32 Å². The molecule has 1 atom stereocenters. The van der Waals surface area contributed by atoms with Gasteiger partial charge in [-0.1, -0.05) is 6.07 Å². The first-order chi connectivity index (χ1) is 7.52. The standard InChI is InChI=1S/C12H17NO3/c1-8(14)6-7-13-12(16)10-4-3-5-11(15)9(10)2/h3-5,8,14-15H,6-7H2,1-2H3,(H,13,16). The number of benzene rings is 1. The SMILES string of the molecule is Cc1c(O)cccc1C(=O)NCCC(C)O. The molecule has 4 nitrogen and oxygen atoms in total. The van der Waals surface area contributed by atoms with Crippen LogP contribution in [-0.4, -0.2) is 28.8 Å². The summed E-state index contributed by atoms with van der Waals surface area (Å²) in [7, 11) is 0. The van der Waals surface area contributed by atoms with Gasteiger partial charge in [-0.15, -0.1) is 0 Å². The molecule has 4 heteroatoms. The summed E-state index contributed by atoms with van der Waals surface area (Å²) in [6.07, 6.45) is 0.0921. The Balaban J connectivity index is 2.63. The number of carbonyl (C=O) groups excluding carboxylic acids is 1. The van der Waals surface area contributed by atoms with Crippen LogP contribution in [0.25, 0.3) is 0 Å². The third-order valence-corrected chi connectivity index (χ3v) is 2.40. The van der Waals surface area contributed by atoms with Gasteiger partial charge in [0.1, 0.15) is 5.75 Å². The monoisotopic (exact) mass is 223 g/mol. The first-order valence-corrected chi connectivity index (χ1v) is 5.27. The van der Waals surface area contributed by atoms with Gasteiger partial charge in [-0.05, 0) is 32.4 Å². The van der Waals surface area contributed by atoms with Crippen LogP contribution in [0.2, 0.25) is 0 Å². The Morgan fingerprint density at radius 2 is 2.19 bits per heavy atom. The summed E-state index contributed by atoms with van der Waals surface area (Å²) < 4.78 is 0. The van der Waals surface area contributed by atoms with Crippen LogP contribution >= 0.6 is 0 Å². The summed E-state index contributed by atoms with van der Waals surface area (Å²) in [6.45, 7) is 3.79. The normalized spacial score (nSPS) is 12.2. The maximum atomic E-state index is 11.7. The Kier molecular flexibility index (Phi) is 4.31. The Bertz CT molecular complexity index is 375. The minimum atomic E-state index is -0.425. The fourth-order valence-electron chi connectivity index (χ4n) is 1.36.